The molecule has 0 fully saturated rings. The van der Waals surface area contributed by atoms with Crippen molar-refractivity contribution >= 4 is 11.6 Å². The lowest BCUT2D eigenvalue weighted by atomic mass is 9.88. The molecule has 0 aliphatic rings. The summed E-state index contributed by atoms with van der Waals surface area (Å²) in [7, 11) is 0. The van der Waals surface area contributed by atoms with Gasteiger partial charge in [-0.1, -0.05) is 57.3 Å². The summed E-state index contributed by atoms with van der Waals surface area (Å²) in [6.07, 6.45) is 2.39. The van der Waals surface area contributed by atoms with E-state index in [-0.39, 0.29) is 0 Å². The third-order valence-corrected chi connectivity index (χ3v) is 3.91. The fourth-order valence-corrected chi connectivity index (χ4v) is 2.53. The normalized spacial score (nSPS) is 13.1. The summed E-state index contributed by atoms with van der Waals surface area (Å²) in [5.41, 5.74) is 2.46. The molecule has 0 bridgehead atoms. The summed E-state index contributed by atoms with van der Waals surface area (Å²) >= 11 is 6.22. The van der Waals surface area contributed by atoms with E-state index >= 15 is 0 Å². The van der Waals surface area contributed by atoms with Gasteiger partial charge in [-0.2, -0.15) is 0 Å². The molecule has 1 unspecified atom stereocenters. The van der Waals surface area contributed by atoms with Gasteiger partial charge in [-0.3, -0.25) is 0 Å². The molecule has 0 amide bonds. The van der Waals surface area contributed by atoms with Crippen molar-refractivity contribution in [2.24, 2.45) is 5.92 Å². The van der Waals surface area contributed by atoms with Crippen molar-refractivity contribution in [3.8, 4) is 0 Å². The molecule has 2 heteroatoms. The van der Waals surface area contributed by atoms with E-state index in [1.54, 1.807) is 0 Å². The quantitative estimate of drug-likeness (QED) is 0.773. The van der Waals surface area contributed by atoms with Crippen molar-refractivity contribution in [1.82, 2.24) is 5.32 Å². The van der Waals surface area contributed by atoms with Crippen LogP contribution in [0, 0.1) is 12.8 Å². The largest absolute Gasteiger partial charge is 0.310 e. The Hall–Kier alpha value is -0.530. The van der Waals surface area contributed by atoms with Crippen LogP contribution < -0.4 is 5.32 Å². The van der Waals surface area contributed by atoms with Gasteiger partial charge < -0.3 is 5.32 Å². The first-order valence-corrected chi connectivity index (χ1v) is 7.01. The first-order chi connectivity index (χ1) is 8.13. The van der Waals surface area contributed by atoms with E-state index in [9.17, 15) is 0 Å². The highest BCUT2D eigenvalue weighted by atomic mass is 35.5. The number of nitrogens with one attached hydrogen (secondary N) is 1. The van der Waals surface area contributed by atoms with Gasteiger partial charge in [0, 0.05) is 11.1 Å². The molecular weight excluding hydrogens is 230 g/mol. The second-order valence-corrected chi connectivity index (χ2v) is 5.03. The smallest absolute Gasteiger partial charge is 0.0438 e. The number of halogens is 1. The summed E-state index contributed by atoms with van der Waals surface area (Å²) in [4.78, 5) is 0. The van der Waals surface area contributed by atoms with Gasteiger partial charge in [-0.25, -0.2) is 0 Å². The zero-order chi connectivity index (χ0) is 12.8. The third kappa shape index (κ3) is 3.72. The first-order valence-electron chi connectivity index (χ1n) is 6.63. The molecule has 96 valence electrons. The summed E-state index contributed by atoms with van der Waals surface area (Å²) in [6, 6.07) is 6.85. The van der Waals surface area contributed by atoms with E-state index in [1.807, 2.05) is 6.92 Å². The molecule has 1 N–H and O–H groups in total. The highest BCUT2D eigenvalue weighted by Gasteiger charge is 2.19. The summed E-state index contributed by atoms with van der Waals surface area (Å²) in [6.45, 7) is 9.71. The van der Waals surface area contributed by atoms with E-state index in [4.69, 9.17) is 11.6 Å². The molecule has 0 aliphatic heterocycles. The van der Waals surface area contributed by atoms with E-state index < -0.39 is 0 Å². The van der Waals surface area contributed by atoms with Gasteiger partial charge in [0.25, 0.3) is 0 Å². The predicted molar refractivity (Wildman–Crippen MR) is 76.7 cm³/mol. The molecule has 0 aromatic heterocycles. The van der Waals surface area contributed by atoms with Crippen molar-refractivity contribution < 1.29 is 0 Å². The van der Waals surface area contributed by atoms with Crippen LogP contribution >= 0.6 is 11.6 Å². The van der Waals surface area contributed by atoms with E-state index in [0.29, 0.717) is 12.0 Å². The molecule has 0 saturated carbocycles. The fraction of sp³-hybridized carbons (Fsp3) is 0.600. The Balaban J connectivity index is 2.99. The van der Waals surface area contributed by atoms with Crippen molar-refractivity contribution in [2.75, 3.05) is 6.54 Å². The summed E-state index contributed by atoms with van der Waals surface area (Å²) < 4.78 is 0. The molecule has 1 rings (SSSR count). The average molecular weight is 254 g/mol. The first kappa shape index (κ1) is 14.5. The predicted octanol–water partition coefficient (Wildman–Crippen LogP) is 4.74. The van der Waals surface area contributed by atoms with Crippen LogP contribution in [0.3, 0.4) is 0 Å². The van der Waals surface area contributed by atoms with Crippen LogP contribution in [0.4, 0.5) is 0 Å². The topological polar surface area (TPSA) is 12.0 Å². The molecule has 0 aliphatic carbocycles. The standard InChI is InChI=1S/C15H24ClN/c1-5-12(6-2)15(17-7-3)13-9-8-11(4)14(16)10-13/h8-10,12,15,17H,5-7H2,1-4H3. The molecular formula is C15H24ClN. The zero-order valence-electron chi connectivity index (χ0n) is 11.4. The minimum Gasteiger partial charge on any atom is -0.310 e. The Morgan fingerprint density at radius 2 is 1.82 bits per heavy atom. The van der Waals surface area contributed by atoms with Gasteiger partial charge in [-0.15, -0.1) is 0 Å². The molecule has 0 saturated heterocycles. The number of hydrogen-bond donors (Lipinski definition) is 1. The number of aryl methyl sites for hydroxylation is 1. The molecule has 1 aromatic carbocycles. The third-order valence-electron chi connectivity index (χ3n) is 3.50. The van der Waals surface area contributed by atoms with Gasteiger partial charge in [0.05, 0.1) is 0 Å². The van der Waals surface area contributed by atoms with Crippen LogP contribution in [0.5, 0.6) is 0 Å². The van der Waals surface area contributed by atoms with Crippen LogP contribution in [-0.4, -0.2) is 6.54 Å². The van der Waals surface area contributed by atoms with E-state index in [0.717, 1.165) is 17.1 Å². The van der Waals surface area contributed by atoms with Crippen molar-refractivity contribution in [3.05, 3.63) is 34.3 Å². The molecule has 17 heavy (non-hydrogen) atoms. The van der Waals surface area contributed by atoms with Gasteiger partial charge in [0.2, 0.25) is 0 Å². The molecule has 0 heterocycles. The second kappa shape index (κ2) is 7.03. The highest BCUT2D eigenvalue weighted by molar-refractivity contribution is 6.31. The summed E-state index contributed by atoms with van der Waals surface area (Å²) in [5.74, 6) is 0.675. The van der Waals surface area contributed by atoms with E-state index in [1.165, 1.54) is 18.4 Å². The Bertz CT molecular complexity index is 345. The molecule has 1 aromatic rings. The van der Waals surface area contributed by atoms with E-state index in [2.05, 4.69) is 44.3 Å². The number of rotatable bonds is 6. The van der Waals surface area contributed by atoms with Gasteiger partial charge in [0.1, 0.15) is 0 Å². The number of hydrogen-bond acceptors (Lipinski definition) is 1. The van der Waals surface area contributed by atoms with Gasteiger partial charge >= 0.3 is 0 Å². The molecule has 1 nitrogen and oxygen atoms in total. The maximum atomic E-state index is 6.22. The Kier molecular flexibility index (Phi) is 6.01. The molecule has 0 spiro atoms. The molecule has 0 radical (unpaired) electrons. The average Bonchev–Trinajstić information content (AvgIpc) is 2.33. The number of benzene rings is 1. The molecule has 1 atom stereocenters. The van der Waals surface area contributed by atoms with Crippen LogP contribution in [0.15, 0.2) is 18.2 Å². The summed E-state index contributed by atoms with van der Waals surface area (Å²) in [5, 5.41) is 4.46. The van der Waals surface area contributed by atoms with Gasteiger partial charge in [-0.05, 0) is 36.6 Å². The van der Waals surface area contributed by atoms with Crippen molar-refractivity contribution in [3.63, 3.8) is 0 Å². The van der Waals surface area contributed by atoms with Crippen LogP contribution in [0.1, 0.15) is 50.8 Å². The van der Waals surface area contributed by atoms with Crippen molar-refractivity contribution in [2.45, 2.75) is 46.6 Å². The SMILES string of the molecule is CCNC(c1ccc(C)c(Cl)c1)C(CC)CC. The van der Waals surface area contributed by atoms with Gasteiger partial charge in [0.15, 0.2) is 0 Å². The Morgan fingerprint density at radius 1 is 1.18 bits per heavy atom. The van der Waals surface area contributed by atoms with Crippen LogP contribution in [0.25, 0.3) is 0 Å². The zero-order valence-corrected chi connectivity index (χ0v) is 12.1. The highest BCUT2D eigenvalue weighted by Crippen LogP contribution is 2.29. The van der Waals surface area contributed by atoms with Crippen molar-refractivity contribution in [1.29, 1.82) is 0 Å². The maximum absolute atomic E-state index is 6.22. The maximum Gasteiger partial charge on any atom is 0.0438 e. The Morgan fingerprint density at radius 3 is 2.29 bits per heavy atom. The monoisotopic (exact) mass is 253 g/mol. The van der Waals surface area contributed by atoms with Crippen LogP contribution in [-0.2, 0) is 0 Å². The minimum absolute atomic E-state index is 0.424. The lowest BCUT2D eigenvalue weighted by Crippen LogP contribution is -2.27. The lowest BCUT2D eigenvalue weighted by Gasteiger charge is -2.27. The van der Waals surface area contributed by atoms with Crippen LogP contribution in [0.2, 0.25) is 5.02 Å². The second-order valence-electron chi connectivity index (χ2n) is 4.62. The lowest BCUT2D eigenvalue weighted by molar-refractivity contribution is 0.346. The minimum atomic E-state index is 0.424. The fourth-order valence-electron chi connectivity index (χ4n) is 2.34. The Labute approximate surface area is 111 Å².